The predicted molar refractivity (Wildman–Crippen MR) is 70.1 cm³/mol. The molecule has 0 spiro atoms. The number of aromatic nitrogens is 2. The van der Waals surface area contributed by atoms with E-state index in [1.807, 2.05) is 19.1 Å². The maximum atomic E-state index is 6.00. The fourth-order valence-corrected chi connectivity index (χ4v) is 3.47. The van der Waals surface area contributed by atoms with Gasteiger partial charge in [-0.05, 0) is 44.4 Å². The van der Waals surface area contributed by atoms with Crippen molar-refractivity contribution in [2.75, 3.05) is 6.61 Å². The molecule has 3 atom stereocenters. The monoisotopic (exact) mass is 266 g/mol. The van der Waals surface area contributed by atoms with Crippen LogP contribution in [-0.4, -0.2) is 21.5 Å². The van der Waals surface area contributed by atoms with Crippen molar-refractivity contribution < 1.29 is 9.47 Å². The zero-order valence-electron chi connectivity index (χ0n) is 10.5. The highest BCUT2D eigenvalue weighted by Crippen LogP contribution is 2.46. The van der Waals surface area contributed by atoms with Gasteiger partial charge in [0.25, 0.3) is 11.8 Å². The van der Waals surface area contributed by atoms with E-state index < -0.39 is 0 Å². The Hall–Kier alpha value is -1.10. The maximum Gasteiger partial charge on any atom is 0.291 e. The van der Waals surface area contributed by atoms with Crippen LogP contribution in [0.2, 0.25) is 0 Å². The van der Waals surface area contributed by atoms with Crippen LogP contribution in [0, 0.1) is 11.8 Å². The molecule has 2 fully saturated rings. The highest BCUT2D eigenvalue weighted by Gasteiger charge is 2.41. The Morgan fingerprint density at radius 3 is 2.89 bits per heavy atom. The van der Waals surface area contributed by atoms with Gasteiger partial charge in [-0.25, -0.2) is 0 Å². The zero-order chi connectivity index (χ0) is 12.4. The lowest BCUT2D eigenvalue weighted by molar-refractivity contribution is 0.127. The van der Waals surface area contributed by atoms with Gasteiger partial charge in [0, 0.05) is 0 Å². The summed E-state index contributed by atoms with van der Waals surface area (Å²) in [4.78, 5) is 0. The summed E-state index contributed by atoms with van der Waals surface area (Å²) in [5.41, 5.74) is 0. The Labute approximate surface area is 111 Å². The van der Waals surface area contributed by atoms with Gasteiger partial charge in [-0.1, -0.05) is 12.2 Å². The second kappa shape index (κ2) is 5.26. The van der Waals surface area contributed by atoms with E-state index >= 15 is 0 Å². The van der Waals surface area contributed by atoms with E-state index in [1.54, 1.807) is 0 Å². The summed E-state index contributed by atoms with van der Waals surface area (Å²) in [5.74, 6) is 2.72. The lowest BCUT2D eigenvalue weighted by Gasteiger charge is -2.21. The number of nitrogens with zero attached hydrogens (tertiary/aromatic N) is 2. The minimum Gasteiger partial charge on any atom is -0.470 e. The summed E-state index contributed by atoms with van der Waals surface area (Å²) in [6.45, 7) is 2.49. The molecule has 3 unspecified atom stereocenters. The Bertz CT molecular complexity index is 432. The quantitative estimate of drug-likeness (QED) is 0.768. The van der Waals surface area contributed by atoms with Crippen molar-refractivity contribution in [2.24, 2.45) is 11.8 Å². The standard InChI is InChI=1S/C13H18N2O2S/c1-2-3-6-16-12-13(15-18-14-12)17-11-8-9-4-5-10(11)7-9/h2-3,9-11H,4-8H2,1H3. The van der Waals surface area contributed by atoms with Crippen molar-refractivity contribution in [3.63, 3.8) is 0 Å². The van der Waals surface area contributed by atoms with Crippen LogP contribution in [-0.2, 0) is 0 Å². The number of hydrogen-bond donors (Lipinski definition) is 0. The lowest BCUT2D eigenvalue weighted by atomic mass is 9.98. The van der Waals surface area contributed by atoms with E-state index in [0.29, 0.717) is 24.5 Å². The fraction of sp³-hybridized carbons (Fsp3) is 0.692. The minimum absolute atomic E-state index is 0.330. The average Bonchev–Trinajstić information content (AvgIpc) is 3.07. The molecule has 4 nitrogen and oxygen atoms in total. The van der Waals surface area contributed by atoms with Gasteiger partial charge in [0.2, 0.25) is 0 Å². The highest BCUT2D eigenvalue weighted by atomic mass is 32.1. The number of hydrogen-bond acceptors (Lipinski definition) is 5. The molecule has 0 N–H and O–H groups in total. The van der Waals surface area contributed by atoms with Gasteiger partial charge in [0.05, 0.1) is 11.7 Å². The minimum atomic E-state index is 0.330. The van der Waals surface area contributed by atoms with Crippen LogP contribution in [0.15, 0.2) is 12.2 Å². The Morgan fingerprint density at radius 1 is 1.28 bits per heavy atom. The highest BCUT2D eigenvalue weighted by molar-refractivity contribution is 6.99. The summed E-state index contributed by atoms with van der Waals surface area (Å²) in [7, 11) is 0. The summed E-state index contributed by atoms with van der Waals surface area (Å²) < 4.78 is 19.9. The first-order chi connectivity index (χ1) is 8.86. The molecule has 1 aromatic rings. The van der Waals surface area contributed by atoms with E-state index in [1.165, 1.54) is 25.7 Å². The van der Waals surface area contributed by atoms with Gasteiger partial charge >= 0.3 is 0 Å². The topological polar surface area (TPSA) is 44.2 Å². The molecule has 2 aliphatic rings. The molecule has 0 saturated heterocycles. The molecule has 2 aliphatic carbocycles. The van der Waals surface area contributed by atoms with E-state index in [2.05, 4.69) is 8.75 Å². The SMILES string of the molecule is CC=CCOc1nsnc1OC1CC2CCC1C2. The number of ether oxygens (including phenoxy) is 2. The third-order valence-electron chi connectivity index (χ3n) is 3.92. The summed E-state index contributed by atoms with van der Waals surface area (Å²) in [5, 5.41) is 0. The van der Waals surface area contributed by atoms with Crippen LogP contribution in [0.3, 0.4) is 0 Å². The first-order valence-electron chi connectivity index (χ1n) is 6.60. The van der Waals surface area contributed by atoms with E-state index in [-0.39, 0.29) is 0 Å². The van der Waals surface area contributed by atoms with Crippen LogP contribution >= 0.6 is 11.7 Å². The van der Waals surface area contributed by atoms with Crippen LogP contribution in [0.4, 0.5) is 0 Å². The van der Waals surface area contributed by atoms with Gasteiger partial charge in [0.15, 0.2) is 0 Å². The fourth-order valence-electron chi connectivity index (χ4n) is 3.03. The van der Waals surface area contributed by atoms with Crippen LogP contribution < -0.4 is 9.47 Å². The molecule has 0 radical (unpaired) electrons. The summed E-state index contributed by atoms with van der Waals surface area (Å²) in [6, 6.07) is 0. The van der Waals surface area contributed by atoms with Crippen molar-refractivity contribution in [1.82, 2.24) is 8.75 Å². The summed E-state index contributed by atoms with van der Waals surface area (Å²) in [6.07, 6.45) is 9.42. The first-order valence-corrected chi connectivity index (χ1v) is 7.33. The second-order valence-corrected chi connectivity index (χ2v) is 5.61. The van der Waals surface area contributed by atoms with Crippen molar-refractivity contribution in [2.45, 2.75) is 38.7 Å². The summed E-state index contributed by atoms with van der Waals surface area (Å²) >= 11 is 1.15. The van der Waals surface area contributed by atoms with Gasteiger partial charge in [-0.2, -0.15) is 0 Å². The Kier molecular flexibility index (Phi) is 3.50. The molecule has 5 heteroatoms. The van der Waals surface area contributed by atoms with E-state index in [9.17, 15) is 0 Å². The normalized spacial score (nSPS) is 30.2. The largest absolute Gasteiger partial charge is 0.470 e. The molecule has 2 bridgehead atoms. The third kappa shape index (κ3) is 2.36. The van der Waals surface area contributed by atoms with Crippen LogP contribution in [0.25, 0.3) is 0 Å². The van der Waals surface area contributed by atoms with Crippen LogP contribution in [0.5, 0.6) is 11.8 Å². The molecular weight excluding hydrogens is 248 g/mol. The van der Waals surface area contributed by atoms with E-state index in [0.717, 1.165) is 23.6 Å². The second-order valence-electron chi connectivity index (χ2n) is 5.09. The van der Waals surface area contributed by atoms with Gasteiger partial charge in [-0.15, -0.1) is 8.75 Å². The molecule has 18 heavy (non-hydrogen) atoms. The molecule has 2 saturated carbocycles. The smallest absolute Gasteiger partial charge is 0.291 e. The molecule has 0 aliphatic heterocycles. The predicted octanol–water partition coefficient (Wildman–Crippen LogP) is 3.06. The van der Waals surface area contributed by atoms with Crippen molar-refractivity contribution >= 4 is 11.7 Å². The number of fused-ring (bicyclic) bond motifs is 2. The lowest BCUT2D eigenvalue weighted by Crippen LogP contribution is -2.23. The number of allylic oxidation sites excluding steroid dienone is 1. The molecular formula is C13H18N2O2S. The molecule has 3 rings (SSSR count). The Morgan fingerprint density at radius 2 is 2.17 bits per heavy atom. The maximum absolute atomic E-state index is 6.00. The Balaban J connectivity index is 1.60. The van der Waals surface area contributed by atoms with Gasteiger partial charge in [-0.3, -0.25) is 0 Å². The van der Waals surface area contributed by atoms with E-state index in [4.69, 9.17) is 9.47 Å². The molecule has 1 aromatic heterocycles. The third-order valence-corrected chi connectivity index (χ3v) is 4.41. The molecule has 0 amide bonds. The van der Waals surface area contributed by atoms with Crippen molar-refractivity contribution in [3.8, 4) is 11.8 Å². The number of rotatable bonds is 5. The molecule has 1 heterocycles. The average molecular weight is 266 g/mol. The zero-order valence-corrected chi connectivity index (χ0v) is 11.4. The molecule has 98 valence electrons. The van der Waals surface area contributed by atoms with Crippen molar-refractivity contribution in [1.29, 1.82) is 0 Å². The molecule has 0 aromatic carbocycles. The first kappa shape index (κ1) is 12.0. The van der Waals surface area contributed by atoms with Crippen molar-refractivity contribution in [3.05, 3.63) is 12.2 Å². The van der Waals surface area contributed by atoms with Gasteiger partial charge < -0.3 is 9.47 Å². The van der Waals surface area contributed by atoms with Crippen LogP contribution in [0.1, 0.15) is 32.6 Å². The van der Waals surface area contributed by atoms with Gasteiger partial charge in [0.1, 0.15) is 12.7 Å².